The predicted octanol–water partition coefficient (Wildman–Crippen LogP) is 1.99. The number of benzene rings is 1. The fourth-order valence-electron chi connectivity index (χ4n) is 1.55. The van der Waals surface area contributed by atoms with E-state index in [2.05, 4.69) is 15.5 Å². The van der Waals surface area contributed by atoms with Crippen molar-refractivity contribution in [3.05, 3.63) is 29.6 Å². The summed E-state index contributed by atoms with van der Waals surface area (Å²) in [5, 5.41) is 13.8. The number of hydrogen-bond acceptors (Lipinski definition) is 3. The zero-order valence-corrected chi connectivity index (χ0v) is 12.3. The van der Waals surface area contributed by atoms with E-state index in [-0.39, 0.29) is 5.69 Å². The van der Waals surface area contributed by atoms with Crippen molar-refractivity contribution >= 4 is 17.7 Å². The minimum absolute atomic E-state index is 0.201. The van der Waals surface area contributed by atoms with Crippen LogP contribution in [0.3, 0.4) is 0 Å². The third-order valence-corrected chi connectivity index (χ3v) is 3.09. The Hall–Kier alpha value is -2.15. The molecule has 0 saturated carbocycles. The second-order valence-corrected chi connectivity index (χ2v) is 4.96. The normalized spacial score (nSPS) is 10.8. The largest absolute Gasteiger partial charge is 0.478 e. The molecule has 0 fully saturated rings. The van der Waals surface area contributed by atoms with Crippen LogP contribution in [0, 0.1) is 5.82 Å². The molecule has 116 valence electrons. The maximum absolute atomic E-state index is 13.4. The molecule has 0 aliphatic carbocycles. The summed E-state index contributed by atoms with van der Waals surface area (Å²) in [6.45, 7) is 5.24. The summed E-state index contributed by atoms with van der Waals surface area (Å²) in [5.41, 5.74) is -0.230. The second kappa shape index (κ2) is 7.58. The Morgan fingerprint density at radius 1 is 1.38 bits per heavy atom. The topological polar surface area (TPSA) is 81.7 Å². The fourth-order valence-corrected chi connectivity index (χ4v) is 1.55. The van der Waals surface area contributed by atoms with Crippen LogP contribution in [0.2, 0.25) is 0 Å². The minimum atomic E-state index is -1.35. The summed E-state index contributed by atoms with van der Waals surface area (Å²) in [7, 11) is 1.95. The van der Waals surface area contributed by atoms with Gasteiger partial charge in [-0.05, 0) is 39.1 Å². The second-order valence-electron chi connectivity index (χ2n) is 4.96. The molecule has 0 bridgehead atoms. The molecule has 1 aromatic rings. The van der Waals surface area contributed by atoms with Crippen molar-refractivity contribution < 1.29 is 19.1 Å². The average molecular weight is 297 g/mol. The van der Waals surface area contributed by atoms with Gasteiger partial charge in [0, 0.05) is 24.8 Å². The van der Waals surface area contributed by atoms with Crippen molar-refractivity contribution in [2.75, 3.05) is 25.5 Å². The quantitative estimate of drug-likeness (QED) is 0.750. The Morgan fingerprint density at radius 2 is 2.05 bits per heavy atom. The molecule has 0 heterocycles. The summed E-state index contributed by atoms with van der Waals surface area (Å²) in [5.74, 6) is -2.24. The van der Waals surface area contributed by atoms with Gasteiger partial charge >= 0.3 is 12.0 Å². The molecule has 0 aliphatic rings. The van der Waals surface area contributed by atoms with Crippen LogP contribution in [0.4, 0.5) is 14.9 Å². The molecular weight excluding hydrogens is 277 g/mol. The maximum Gasteiger partial charge on any atom is 0.338 e. The van der Waals surface area contributed by atoms with Crippen LogP contribution in [0.25, 0.3) is 0 Å². The Morgan fingerprint density at radius 3 is 2.57 bits per heavy atom. The molecule has 0 aliphatic heterocycles. The Balaban J connectivity index is 2.48. The molecule has 6 nitrogen and oxygen atoms in total. The Bertz CT molecular complexity index is 520. The van der Waals surface area contributed by atoms with Gasteiger partial charge in [-0.1, -0.05) is 0 Å². The number of carboxylic acid groups (broad SMARTS) is 1. The number of nitrogens with one attached hydrogen (secondary N) is 2. The van der Waals surface area contributed by atoms with Crippen LogP contribution in [0.5, 0.6) is 0 Å². The number of anilines is 1. The van der Waals surface area contributed by atoms with Crippen molar-refractivity contribution in [2.45, 2.75) is 19.9 Å². The zero-order valence-electron chi connectivity index (χ0n) is 12.3. The lowest BCUT2D eigenvalue weighted by Gasteiger charge is -2.20. The van der Waals surface area contributed by atoms with E-state index in [4.69, 9.17) is 5.11 Å². The molecular formula is C14H20FN3O3. The lowest BCUT2D eigenvalue weighted by Crippen LogP contribution is -2.37. The van der Waals surface area contributed by atoms with Crippen molar-refractivity contribution in [3.63, 3.8) is 0 Å². The van der Waals surface area contributed by atoms with Crippen LogP contribution in [0.1, 0.15) is 24.2 Å². The minimum Gasteiger partial charge on any atom is -0.478 e. The number of rotatable bonds is 6. The van der Waals surface area contributed by atoms with Crippen LogP contribution in [-0.2, 0) is 0 Å². The lowest BCUT2D eigenvalue weighted by atomic mass is 10.2. The van der Waals surface area contributed by atoms with Gasteiger partial charge in [-0.15, -0.1) is 0 Å². The standard InChI is InChI=1S/C14H20FN3O3/c1-9(2)18(3)7-6-16-14(21)17-10-4-5-11(13(19)20)12(15)8-10/h4-5,8-9H,6-7H2,1-3H3,(H,19,20)(H2,16,17,21). The van der Waals surface area contributed by atoms with Crippen LogP contribution >= 0.6 is 0 Å². The summed E-state index contributed by atoms with van der Waals surface area (Å²) in [4.78, 5) is 24.4. The van der Waals surface area contributed by atoms with Gasteiger partial charge in [0.05, 0.1) is 5.56 Å². The number of nitrogens with zero attached hydrogens (tertiary/aromatic N) is 1. The molecule has 0 aromatic heterocycles. The SMILES string of the molecule is CC(C)N(C)CCNC(=O)Nc1ccc(C(=O)O)c(F)c1. The molecule has 1 aromatic carbocycles. The number of likely N-dealkylation sites (N-methyl/N-ethyl adjacent to an activating group) is 1. The van der Waals surface area contributed by atoms with E-state index >= 15 is 0 Å². The monoisotopic (exact) mass is 297 g/mol. The van der Waals surface area contributed by atoms with E-state index in [1.54, 1.807) is 0 Å². The first-order valence-electron chi connectivity index (χ1n) is 6.59. The van der Waals surface area contributed by atoms with E-state index in [1.165, 1.54) is 6.07 Å². The molecule has 0 unspecified atom stereocenters. The van der Waals surface area contributed by atoms with Gasteiger partial charge in [-0.3, -0.25) is 0 Å². The van der Waals surface area contributed by atoms with Gasteiger partial charge in [-0.2, -0.15) is 0 Å². The molecule has 1 rings (SSSR count). The van der Waals surface area contributed by atoms with Crippen molar-refractivity contribution in [1.82, 2.24) is 10.2 Å². The van der Waals surface area contributed by atoms with Gasteiger partial charge < -0.3 is 20.6 Å². The number of aromatic carboxylic acids is 1. The highest BCUT2D eigenvalue weighted by Crippen LogP contribution is 2.14. The van der Waals surface area contributed by atoms with Gasteiger partial charge in [-0.25, -0.2) is 14.0 Å². The molecule has 0 atom stereocenters. The summed E-state index contributed by atoms with van der Waals surface area (Å²) < 4.78 is 13.4. The number of halogens is 1. The smallest absolute Gasteiger partial charge is 0.338 e. The predicted molar refractivity (Wildman–Crippen MR) is 78.1 cm³/mol. The number of urea groups is 1. The van der Waals surface area contributed by atoms with E-state index in [0.717, 1.165) is 12.1 Å². The molecule has 2 amide bonds. The molecule has 7 heteroatoms. The van der Waals surface area contributed by atoms with Gasteiger partial charge in [0.25, 0.3) is 0 Å². The van der Waals surface area contributed by atoms with Gasteiger partial charge in [0.1, 0.15) is 5.82 Å². The summed E-state index contributed by atoms with van der Waals surface area (Å²) >= 11 is 0. The number of amides is 2. The van der Waals surface area contributed by atoms with Gasteiger partial charge in [0.2, 0.25) is 0 Å². The Kier molecular flexibility index (Phi) is 6.10. The molecule has 0 spiro atoms. The maximum atomic E-state index is 13.4. The Labute approximate surface area is 122 Å². The van der Waals surface area contributed by atoms with Crippen LogP contribution < -0.4 is 10.6 Å². The number of carbonyl (C=O) groups excluding carboxylic acids is 1. The molecule has 0 radical (unpaired) electrons. The zero-order chi connectivity index (χ0) is 16.0. The number of carboxylic acids is 1. The van der Waals surface area contributed by atoms with E-state index in [0.29, 0.717) is 19.1 Å². The molecule has 3 N–H and O–H groups in total. The molecule has 0 saturated heterocycles. The van der Waals surface area contributed by atoms with Gasteiger partial charge in [0.15, 0.2) is 0 Å². The highest BCUT2D eigenvalue weighted by atomic mass is 19.1. The summed E-state index contributed by atoms with van der Waals surface area (Å²) in [6, 6.07) is 3.34. The third-order valence-electron chi connectivity index (χ3n) is 3.09. The first-order chi connectivity index (χ1) is 9.81. The van der Waals surface area contributed by atoms with Crippen LogP contribution in [0.15, 0.2) is 18.2 Å². The highest BCUT2D eigenvalue weighted by molar-refractivity contribution is 5.91. The number of carbonyl (C=O) groups is 2. The average Bonchev–Trinajstić information content (AvgIpc) is 2.37. The third kappa shape index (κ3) is 5.39. The van der Waals surface area contributed by atoms with Crippen LogP contribution in [-0.4, -0.2) is 48.2 Å². The van der Waals surface area contributed by atoms with E-state index < -0.39 is 23.4 Å². The van der Waals surface area contributed by atoms with Crippen molar-refractivity contribution in [1.29, 1.82) is 0 Å². The van der Waals surface area contributed by atoms with Crippen molar-refractivity contribution in [3.8, 4) is 0 Å². The summed E-state index contributed by atoms with van der Waals surface area (Å²) in [6.07, 6.45) is 0. The van der Waals surface area contributed by atoms with E-state index in [1.807, 2.05) is 20.9 Å². The van der Waals surface area contributed by atoms with Crippen molar-refractivity contribution in [2.24, 2.45) is 0 Å². The molecule has 21 heavy (non-hydrogen) atoms. The first-order valence-corrected chi connectivity index (χ1v) is 6.59. The van der Waals surface area contributed by atoms with E-state index in [9.17, 15) is 14.0 Å². The first kappa shape index (κ1) is 16.9. The number of hydrogen-bond donors (Lipinski definition) is 3. The highest BCUT2D eigenvalue weighted by Gasteiger charge is 2.11. The fraction of sp³-hybridized carbons (Fsp3) is 0.429. The lowest BCUT2D eigenvalue weighted by molar-refractivity contribution is 0.0692.